The molecule has 0 aliphatic carbocycles. The summed E-state index contributed by atoms with van der Waals surface area (Å²) < 4.78 is 4.80. The molecule has 0 aliphatic rings. The first-order chi connectivity index (χ1) is 11.1. The molecule has 2 rings (SSSR count). The van der Waals surface area contributed by atoms with Crippen LogP contribution in [0.25, 0.3) is 11.1 Å². The second-order valence-corrected chi connectivity index (χ2v) is 5.64. The van der Waals surface area contributed by atoms with Gasteiger partial charge in [0.2, 0.25) is 0 Å². The molecule has 24 heavy (non-hydrogen) atoms. The molecule has 130 valence electrons. The molecule has 0 bridgehead atoms. The molecule has 2 aromatic carbocycles. The highest BCUT2D eigenvalue weighted by Crippen LogP contribution is 2.19. The summed E-state index contributed by atoms with van der Waals surface area (Å²) in [5, 5.41) is 9.78. The fourth-order valence-corrected chi connectivity index (χ4v) is 2.53. The summed E-state index contributed by atoms with van der Waals surface area (Å²) in [6, 6.07) is 18.5. The molecule has 0 aliphatic heterocycles. The van der Waals surface area contributed by atoms with Crippen LogP contribution in [-0.2, 0) is 16.0 Å². The molecule has 4 N–H and O–H groups in total. The van der Waals surface area contributed by atoms with Gasteiger partial charge < -0.3 is 15.6 Å². The zero-order valence-corrected chi connectivity index (χ0v) is 13.4. The molecular weight excluding hydrogens is 302 g/mol. The van der Waals surface area contributed by atoms with Gasteiger partial charge in [-0.2, -0.15) is 0 Å². The Morgan fingerprint density at radius 1 is 1.08 bits per heavy atom. The Morgan fingerprint density at radius 2 is 1.67 bits per heavy atom. The third kappa shape index (κ3) is 5.80. The van der Waals surface area contributed by atoms with Crippen molar-refractivity contribution in [3.63, 3.8) is 0 Å². The first-order valence-corrected chi connectivity index (χ1v) is 7.92. The minimum Gasteiger partial charge on any atom is -0.464 e. The van der Waals surface area contributed by atoms with E-state index in [2.05, 4.69) is 42.1 Å². The SMILES string of the molecule is C.CCOC(=O)C(O)C[C@H]([NH3+])Cc1ccc(-c2ccccc2)cc1. The van der Waals surface area contributed by atoms with Gasteiger partial charge in [0.1, 0.15) is 0 Å². The highest BCUT2D eigenvalue weighted by atomic mass is 16.5. The van der Waals surface area contributed by atoms with Gasteiger partial charge in [0.05, 0.1) is 12.6 Å². The number of benzene rings is 2. The first kappa shape index (κ1) is 19.9. The number of ether oxygens (including phenoxy) is 1. The number of hydrogen-bond donors (Lipinski definition) is 2. The number of carbonyl (C=O) groups excluding carboxylic acids is 1. The van der Waals surface area contributed by atoms with Gasteiger partial charge in [0, 0.05) is 12.8 Å². The monoisotopic (exact) mass is 330 g/mol. The average molecular weight is 330 g/mol. The fourth-order valence-electron chi connectivity index (χ4n) is 2.53. The fraction of sp³-hybridized carbons (Fsp3) is 0.350. The van der Waals surface area contributed by atoms with Gasteiger partial charge in [0.15, 0.2) is 6.10 Å². The largest absolute Gasteiger partial charge is 0.464 e. The average Bonchev–Trinajstić information content (AvgIpc) is 2.56. The molecule has 1 unspecified atom stereocenters. The van der Waals surface area contributed by atoms with Crippen LogP contribution in [0.5, 0.6) is 0 Å². The van der Waals surface area contributed by atoms with Gasteiger partial charge >= 0.3 is 5.97 Å². The van der Waals surface area contributed by atoms with Crippen molar-refractivity contribution in [1.82, 2.24) is 0 Å². The Bertz CT molecular complexity index is 611. The standard InChI is InChI=1S/C19H23NO3.CH4/c1-2-23-19(22)18(21)13-17(20)12-14-8-10-16(11-9-14)15-6-4-3-5-7-15;/h3-11,17-18,21H,2,12-13,20H2,1H3;1H4/p+1/t17-,18?;/m1./s1. The molecular formula is C20H28NO3+. The van der Waals surface area contributed by atoms with Gasteiger partial charge in [-0.1, -0.05) is 62.0 Å². The Kier molecular flexibility index (Phi) is 8.16. The Morgan fingerprint density at radius 3 is 2.25 bits per heavy atom. The lowest BCUT2D eigenvalue weighted by atomic mass is 9.98. The maximum Gasteiger partial charge on any atom is 0.335 e. The molecule has 0 saturated heterocycles. The summed E-state index contributed by atoms with van der Waals surface area (Å²) in [5.41, 5.74) is 7.52. The van der Waals surface area contributed by atoms with E-state index in [9.17, 15) is 9.90 Å². The van der Waals surface area contributed by atoms with Crippen molar-refractivity contribution in [3.05, 3.63) is 60.2 Å². The van der Waals surface area contributed by atoms with Gasteiger partial charge in [-0.3, -0.25) is 0 Å². The summed E-state index contributed by atoms with van der Waals surface area (Å²) >= 11 is 0. The molecule has 4 nitrogen and oxygen atoms in total. The van der Waals surface area contributed by atoms with E-state index in [4.69, 9.17) is 4.74 Å². The Hall–Kier alpha value is -2.17. The van der Waals surface area contributed by atoms with Crippen LogP contribution in [0.4, 0.5) is 0 Å². The van der Waals surface area contributed by atoms with Crippen LogP contribution in [0, 0.1) is 0 Å². The Labute approximate surface area is 144 Å². The summed E-state index contributed by atoms with van der Waals surface area (Å²) in [5.74, 6) is -0.569. The van der Waals surface area contributed by atoms with Gasteiger partial charge in [-0.05, 0) is 23.6 Å². The van der Waals surface area contributed by atoms with Crippen molar-refractivity contribution in [2.75, 3.05) is 6.61 Å². The number of rotatable bonds is 7. The molecule has 0 fully saturated rings. The summed E-state index contributed by atoms with van der Waals surface area (Å²) in [7, 11) is 0. The lowest BCUT2D eigenvalue weighted by molar-refractivity contribution is -0.423. The van der Waals surface area contributed by atoms with E-state index in [-0.39, 0.29) is 20.1 Å². The third-order valence-corrected chi connectivity index (χ3v) is 3.70. The van der Waals surface area contributed by atoms with Crippen molar-refractivity contribution in [2.24, 2.45) is 0 Å². The highest BCUT2D eigenvalue weighted by Gasteiger charge is 2.21. The van der Waals surface area contributed by atoms with Crippen molar-refractivity contribution < 1.29 is 20.4 Å². The molecule has 2 aromatic rings. The van der Waals surface area contributed by atoms with Crippen molar-refractivity contribution in [3.8, 4) is 11.1 Å². The van der Waals surface area contributed by atoms with Crippen molar-refractivity contribution in [2.45, 2.75) is 39.3 Å². The molecule has 0 saturated carbocycles. The second-order valence-electron chi connectivity index (χ2n) is 5.64. The van der Waals surface area contributed by atoms with E-state index in [1.54, 1.807) is 6.92 Å². The molecule has 4 heteroatoms. The summed E-state index contributed by atoms with van der Waals surface area (Å²) in [6.45, 7) is 2.00. The van der Waals surface area contributed by atoms with Crippen LogP contribution >= 0.6 is 0 Å². The topological polar surface area (TPSA) is 74.2 Å². The van der Waals surface area contributed by atoms with Crippen LogP contribution in [-0.4, -0.2) is 29.8 Å². The smallest absolute Gasteiger partial charge is 0.335 e. The van der Waals surface area contributed by atoms with E-state index in [0.717, 1.165) is 5.56 Å². The van der Waals surface area contributed by atoms with E-state index < -0.39 is 12.1 Å². The minimum atomic E-state index is -1.10. The number of esters is 1. The van der Waals surface area contributed by atoms with Crippen LogP contribution in [0.2, 0.25) is 0 Å². The predicted molar refractivity (Wildman–Crippen MR) is 96.2 cm³/mol. The maximum atomic E-state index is 11.4. The first-order valence-electron chi connectivity index (χ1n) is 7.92. The molecule has 0 aromatic heterocycles. The zero-order chi connectivity index (χ0) is 16.7. The zero-order valence-electron chi connectivity index (χ0n) is 13.4. The number of aliphatic hydroxyl groups is 1. The summed E-state index contributed by atoms with van der Waals surface area (Å²) in [4.78, 5) is 11.4. The van der Waals surface area contributed by atoms with E-state index >= 15 is 0 Å². The van der Waals surface area contributed by atoms with E-state index in [1.807, 2.05) is 18.2 Å². The van der Waals surface area contributed by atoms with Gasteiger partial charge in [0.25, 0.3) is 0 Å². The lowest BCUT2D eigenvalue weighted by Gasteiger charge is -2.13. The Balaban J connectivity index is 0.00000288. The maximum absolute atomic E-state index is 11.4. The quantitative estimate of drug-likeness (QED) is 0.766. The van der Waals surface area contributed by atoms with Gasteiger partial charge in [-0.25, -0.2) is 4.79 Å². The van der Waals surface area contributed by atoms with E-state index in [0.29, 0.717) is 12.8 Å². The molecule has 0 heterocycles. The van der Waals surface area contributed by atoms with Crippen LogP contribution < -0.4 is 5.73 Å². The van der Waals surface area contributed by atoms with Crippen molar-refractivity contribution in [1.29, 1.82) is 0 Å². The lowest BCUT2D eigenvalue weighted by Crippen LogP contribution is -2.63. The molecule has 0 radical (unpaired) electrons. The molecule has 0 amide bonds. The summed E-state index contributed by atoms with van der Waals surface area (Å²) in [6.07, 6.45) is -0.0776. The second kappa shape index (κ2) is 9.85. The van der Waals surface area contributed by atoms with E-state index in [1.165, 1.54) is 11.1 Å². The molecule has 2 atom stereocenters. The van der Waals surface area contributed by atoms with Crippen LogP contribution in [0.1, 0.15) is 26.3 Å². The van der Waals surface area contributed by atoms with Crippen molar-refractivity contribution >= 4 is 5.97 Å². The number of quaternary nitrogens is 1. The number of hydrogen-bond acceptors (Lipinski definition) is 3. The number of carbonyl (C=O) groups is 1. The molecule has 0 spiro atoms. The number of aliphatic hydroxyl groups excluding tert-OH is 1. The predicted octanol–water partition coefficient (Wildman–Crippen LogP) is 2.46. The highest BCUT2D eigenvalue weighted by molar-refractivity contribution is 5.74. The third-order valence-electron chi connectivity index (χ3n) is 3.70. The normalized spacial score (nSPS) is 12.8. The minimum absolute atomic E-state index is 0. The van der Waals surface area contributed by atoms with Crippen LogP contribution in [0.15, 0.2) is 54.6 Å². The van der Waals surface area contributed by atoms with Crippen LogP contribution in [0.3, 0.4) is 0 Å². The van der Waals surface area contributed by atoms with Gasteiger partial charge in [-0.15, -0.1) is 0 Å².